The van der Waals surface area contributed by atoms with Gasteiger partial charge in [0.15, 0.2) is 0 Å². The third-order valence-electron chi connectivity index (χ3n) is 3.11. The average Bonchev–Trinajstić information content (AvgIpc) is 2.60. The van der Waals surface area contributed by atoms with Crippen LogP contribution in [0, 0.1) is 20.2 Å². The molecule has 2 aromatic carbocycles. The van der Waals surface area contributed by atoms with Crippen molar-refractivity contribution in [3.8, 4) is 11.5 Å². The highest BCUT2D eigenvalue weighted by Gasteiger charge is 2.18. The zero-order chi connectivity index (χ0) is 18.4. The van der Waals surface area contributed by atoms with Crippen LogP contribution in [0.5, 0.6) is 11.5 Å². The van der Waals surface area contributed by atoms with Crippen LogP contribution in [0.1, 0.15) is 5.56 Å². The molecule has 0 radical (unpaired) electrons. The Bertz CT molecular complexity index is 861. The van der Waals surface area contributed by atoms with Crippen molar-refractivity contribution in [1.29, 1.82) is 0 Å². The fourth-order valence-electron chi connectivity index (χ4n) is 1.95. The fourth-order valence-corrected chi connectivity index (χ4v) is 1.95. The molecule has 0 aromatic heterocycles. The van der Waals surface area contributed by atoms with E-state index < -0.39 is 21.5 Å². The Balaban J connectivity index is 2.21. The number of esters is 1. The molecule has 128 valence electrons. The van der Waals surface area contributed by atoms with E-state index in [4.69, 9.17) is 9.47 Å². The van der Waals surface area contributed by atoms with Crippen LogP contribution < -0.4 is 9.47 Å². The summed E-state index contributed by atoms with van der Waals surface area (Å²) in [6.07, 6.45) is 2.16. The van der Waals surface area contributed by atoms with Gasteiger partial charge in [-0.15, -0.1) is 0 Å². The predicted molar refractivity (Wildman–Crippen MR) is 87.4 cm³/mol. The van der Waals surface area contributed by atoms with Crippen molar-refractivity contribution in [2.45, 2.75) is 0 Å². The number of benzene rings is 2. The van der Waals surface area contributed by atoms with Gasteiger partial charge in [0.1, 0.15) is 5.75 Å². The number of nitro groups is 2. The summed E-state index contributed by atoms with van der Waals surface area (Å²) in [5, 5.41) is 21.9. The molecule has 0 aliphatic heterocycles. The molecular weight excluding hydrogens is 332 g/mol. The SMILES string of the molecule is COc1ccc(OC(=O)C=Cc2ccccc2[N+](=O)[O-])c([N+](=O)[O-])c1. The van der Waals surface area contributed by atoms with E-state index in [2.05, 4.69) is 0 Å². The number of carbonyl (C=O) groups excluding carboxylic acids is 1. The van der Waals surface area contributed by atoms with Crippen molar-refractivity contribution in [2.75, 3.05) is 7.11 Å². The molecule has 0 saturated carbocycles. The van der Waals surface area contributed by atoms with Gasteiger partial charge in [0, 0.05) is 12.1 Å². The first-order chi connectivity index (χ1) is 11.9. The first-order valence-electron chi connectivity index (χ1n) is 6.88. The summed E-state index contributed by atoms with van der Waals surface area (Å²) in [5.41, 5.74) is -0.414. The number of hydrogen-bond donors (Lipinski definition) is 0. The highest BCUT2D eigenvalue weighted by Crippen LogP contribution is 2.31. The maximum atomic E-state index is 11.9. The summed E-state index contributed by atoms with van der Waals surface area (Å²) in [7, 11) is 1.35. The Morgan fingerprint density at radius 3 is 2.36 bits per heavy atom. The fraction of sp³-hybridized carbons (Fsp3) is 0.0625. The smallest absolute Gasteiger partial charge is 0.336 e. The minimum Gasteiger partial charge on any atom is -0.496 e. The predicted octanol–water partition coefficient (Wildman–Crippen LogP) is 3.13. The first-order valence-corrected chi connectivity index (χ1v) is 6.88. The number of nitro benzene ring substituents is 2. The molecule has 0 fully saturated rings. The minimum atomic E-state index is -0.911. The monoisotopic (exact) mass is 344 g/mol. The lowest BCUT2D eigenvalue weighted by Crippen LogP contribution is -2.06. The molecule has 9 nitrogen and oxygen atoms in total. The normalized spacial score (nSPS) is 10.4. The average molecular weight is 344 g/mol. The van der Waals surface area contributed by atoms with E-state index >= 15 is 0 Å². The zero-order valence-corrected chi connectivity index (χ0v) is 12.9. The van der Waals surface area contributed by atoms with Crippen LogP contribution >= 0.6 is 0 Å². The van der Waals surface area contributed by atoms with Crippen LogP contribution in [-0.2, 0) is 4.79 Å². The Morgan fingerprint density at radius 1 is 1.04 bits per heavy atom. The second kappa shape index (κ2) is 7.68. The Hall–Kier alpha value is -3.75. The summed E-state index contributed by atoms with van der Waals surface area (Å²) in [5.74, 6) is -0.934. The standard InChI is InChI=1S/C16H12N2O7/c1-24-12-7-8-15(14(10-12)18(22)23)25-16(19)9-6-11-4-2-3-5-13(11)17(20)21/h2-10H,1H3. The van der Waals surface area contributed by atoms with E-state index in [0.717, 1.165) is 12.1 Å². The molecule has 0 aliphatic carbocycles. The van der Waals surface area contributed by atoms with Crippen molar-refractivity contribution in [2.24, 2.45) is 0 Å². The number of methoxy groups -OCH3 is 1. The Kier molecular flexibility index (Phi) is 5.41. The lowest BCUT2D eigenvalue weighted by atomic mass is 10.1. The van der Waals surface area contributed by atoms with Gasteiger partial charge in [-0.2, -0.15) is 0 Å². The van der Waals surface area contributed by atoms with Crippen LogP contribution in [-0.4, -0.2) is 22.9 Å². The van der Waals surface area contributed by atoms with E-state index in [1.807, 2.05) is 0 Å². The molecule has 0 spiro atoms. The van der Waals surface area contributed by atoms with Crippen molar-refractivity contribution < 1.29 is 24.1 Å². The molecule has 0 heterocycles. The van der Waals surface area contributed by atoms with E-state index in [1.165, 1.54) is 43.5 Å². The van der Waals surface area contributed by atoms with Gasteiger partial charge >= 0.3 is 11.7 Å². The van der Waals surface area contributed by atoms with Gasteiger partial charge < -0.3 is 9.47 Å². The van der Waals surface area contributed by atoms with Crippen LogP contribution in [0.25, 0.3) is 6.08 Å². The van der Waals surface area contributed by atoms with Crippen molar-refractivity contribution in [1.82, 2.24) is 0 Å². The minimum absolute atomic E-state index is 0.179. The van der Waals surface area contributed by atoms with Crippen LogP contribution in [0.4, 0.5) is 11.4 Å². The van der Waals surface area contributed by atoms with Crippen molar-refractivity contribution in [3.05, 3.63) is 74.3 Å². The summed E-state index contributed by atoms with van der Waals surface area (Å²) in [6, 6.07) is 9.57. The van der Waals surface area contributed by atoms with Crippen LogP contribution in [0.3, 0.4) is 0 Å². The van der Waals surface area contributed by atoms with E-state index in [-0.39, 0.29) is 22.7 Å². The summed E-state index contributed by atoms with van der Waals surface area (Å²) in [6.45, 7) is 0. The lowest BCUT2D eigenvalue weighted by molar-refractivity contribution is -0.385. The number of para-hydroxylation sites is 1. The maximum Gasteiger partial charge on any atom is 0.336 e. The molecule has 0 unspecified atom stereocenters. The number of hydrogen-bond acceptors (Lipinski definition) is 7. The molecule has 0 N–H and O–H groups in total. The summed E-state index contributed by atoms with van der Waals surface area (Å²) >= 11 is 0. The second-order valence-corrected chi connectivity index (χ2v) is 4.66. The largest absolute Gasteiger partial charge is 0.496 e. The maximum absolute atomic E-state index is 11.9. The highest BCUT2D eigenvalue weighted by atomic mass is 16.6. The molecule has 0 bridgehead atoms. The molecule has 0 saturated heterocycles. The molecular formula is C16H12N2O7. The van der Waals surface area contributed by atoms with Crippen LogP contribution in [0.2, 0.25) is 0 Å². The van der Waals surface area contributed by atoms with Gasteiger partial charge in [-0.05, 0) is 24.3 Å². The number of rotatable bonds is 6. The van der Waals surface area contributed by atoms with Crippen LogP contribution in [0.15, 0.2) is 48.5 Å². The number of carbonyl (C=O) groups is 1. The summed E-state index contributed by atoms with van der Waals surface area (Å²) in [4.78, 5) is 32.5. The van der Waals surface area contributed by atoms with E-state index in [0.29, 0.717) is 0 Å². The van der Waals surface area contributed by atoms with Gasteiger partial charge in [0.25, 0.3) is 5.69 Å². The second-order valence-electron chi connectivity index (χ2n) is 4.66. The zero-order valence-electron chi connectivity index (χ0n) is 12.9. The van der Waals surface area contributed by atoms with Gasteiger partial charge in [0.2, 0.25) is 5.75 Å². The molecule has 0 atom stereocenters. The molecule has 9 heteroatoms. The lowest BCUT2D eigenvalue weighted by Gasteiger charge is -2.05. The molecule has 25 heavy (non-hydrogen) atoms. The molecule has 0 amide bonds. The first kappa shape index (κ1) is 17.6. The van der Waals surface area contributed by atoms with Gasteiger partial charge in [-0.3, -0.25) is 20.2 Å². The Morgan fingerprint density at radius 2 is 1.72 bits per heavy atom. The molecule has 2 rings (SSSR count). The summed E-state index contributed by atoms with van der Waals surface area (Å²) < 4.78 is 9.82. The highest BCUT2D eigenvalue weighted by molar-refractivity contribution is 5.90. The quantitative estimate of drug-likeness (QED) is 0.259. The topological polar surface area (TPSA) is 122 Å². The Labute approximate surface area is 141 Å². The van der Waals surface area contributed by atoms with Gasteiger partial charge in [-0.25, -0.2) is 4.79 Å². The molecule has 0 aliphatic rings. The van der Waals surface area contributed by atoms with Gasteiger partial charge in [0.05, 0.1) is 28.6 Å². The third kappa shape index (κ3) is 4.38. The number of nitrogens with zero attached hydrogens (tertiary/aromatic N) is 2. The third-order valence-corrected chi connectivity index (χ3v) is 3.11. The van der Waals surface area contributed by atoms with E-state index in [9.17, 15) is 25.0 Å². The van der Waals surface area contributed by atoms with Crippen molar-refractivity contribution in [3.63, 3.8) is 0 Å². The van der Waals surface area contributed by atoms with E-state index in [1.54, 1.807) is 6.07 Å². The van der Waals surface area contributed by atoms with Crippen molar-refractivity contribution >= 4 is 23.4 Å². The molecule has 2 aromatic rings. The number of ether oxygens (including phenoxy) is 2. The van der Waals surface area contributed by atoms with Gasteiger partial charge in [-0.1, -0.05) is 12.1 Å².